The largest absolute Gasteiger partial charge is 0.467 e. The molecule has 4 amide bonds. The Morgan fingerprint density at radius 1 is 0.761 bits per heavy atom. The summed E-state index contributed by atoms with van der Waals surface area (Å²) >= 11 is 0. The molecule has 12 nitrogen and oxygen atoms in total. The maximum atomic E-state index is 13.2. The lowest BCUT2D eigenvalue weighted by atomic mass is 9.99. The number of allylic oxidation sites excluding steroid dienone is 5. The number of rotatable bonds is 21. The van der Waals surface area contributed by atoms with Crippen LogP contribution in [0.2, 0.25) is 0 Å². The normalized spacial score (nSPS) is 13.8. The van der Waals surface area contributed by atoms with Crippen molar-refractivity contribution in [2.24, 2.45) is 11.8 Å². The smallest absolute Gasteiger partial charge is 0.330 e. The van der Waals surface area contributed by atoms with Gasteiger partial charge in [-0.15, -0.1) is 0 Å². The molecule has 0 aromatic heterocycles. The number of hydrogen-bond donors (Lipinski definition) is 5. The summed E-state index contributed by atoms with van der Waals surface area (Å²) in [5, 5.41) is 27.8. The van der Waals surface area contributed by atoms with Crippen molar-refractivity contribution in [1.82, 2.24) is 21.0 Å². The molecule has 0 heterocycles. The van der Waals surface area contributed by atoms with Gasteiger partial charge in [0.1, 0.15) is 12.1 Å². The number of nitrogens with zero attached hydrogens (tertiary/aromatic N) is 1. The van der Waals surface area contributed by atoms with E-state index in [1.54, 1.807) is 19.9 Å². The zero-order valence-electron chi connectivity index (χ0n) is 29.3. The van der Waals surface area contributed by atoms with E-state index >= 15 is 0 Å². The fourth-order valence-electron chi connectivity index (χ4n) is 4.37. The molecule has 12 heteroatoms. The van der Waals surface area contributed by atoms with E-state index in [9.17, 15) is 34.3 Å². The van der Waals surface area contributed by atoms with E-state index in [4.69, 9.17) is 0 Å². The number of nitrogens with one attached hydrogen (secondary N) is 3. The van der Waals surface area contributed by atoms with Crippen LogP contribution in [0.25, 0.3) is 0 Å². The summed E-state index contributed by atoms with van der Waals surface area (Å²) in [6, 6.07) is -3.35. The summed E-state index contributed by atoms with van der Waals surface area (Å²) in [7, 11) is 1.13. The zero-order chi connectivity index (χ0) is 35.4. The van der Waals surface area contributed by atoms with Gasteiger partial charge in [0, 0.05) is 12.8 Å². The Balaban J connectivity index is 5.03. The van der Waals surface area contributed by atoms with Gasteiger partial charge in [0.2, 0.25) is 23.6 Å². The van der Waals surface area contributed by atoms with Gasteiger partial charge in [-0.3, -0.25) is 24.4 Å². The van der Waals surface area contributed by atoms with Crippen LogP contribution >= 0.6 is 0 Å². The first-order valence-corrected chi connectivity index (χ1v) is 16.0. The summed E-state index contributed by atoms with van der Waals surface area (Å²) in [5.74, 6) is -3.69. The Labute approximate surface area is 275 Å². The number of carbonyl (C=O) groups excluding carboxylic acids is 5. The fourth-order valence-corrected chi connectivity index (χ4v) is 4.37. The molecule has 0 aliphatic heterocycles. The number of esters is 1. The number of hydroxylamine groups is 2. The highest BCUT2D eigenvalue weighted by atomic mass is 16.5. The lowest BCUT2D eigenvalue weighted by Gasteiger charge is -2.27. The fraction of sp³-hybridized carbons (Fsp3) is 0.676. The van der Waals surface area contributed by atoms with Crippen molar-refractivity contribution < 1.29 is 39.0 Å². The third-order valence-electron chi connectivity index (χ3n) is 7.18. The van der Waals surface area contributed by atoms with E-state index in [-0.39, 0.29) is 37.6 Å². The monoisotopic (exact) mass is 650 g/mol. The summed E-state index contributed by atoms with van der Waals surface area (Å²) < 4.78 is 4.58. The number of hydrogen-bond acceptors (Lipinski definition) is 8. The Kier molecular flexibility index (Phi) is 21.2. The minimum Gasteiger partial charge on any atom is -0.467 e. The SMILES string of the molecule is COC(=O)[C@H](CO)NC(=O)[C@H](CC(C)C)NC(=O)[C@@H](NC(=O)CCC(=O)N(O)C/C=C(\C)CC/C=C(\C)CCC=C(C)C)C(C)C. The number of aliphatic hydroxyl groups is 1. The van der Waals surface area contributed by atoms with Crippen LogP contribution in [0.1, 0.15) is 100 Å². The van der Waals surface area contributed by atoms with Gasteiger partial charge in [0.15, 0.2) is 6.04 Å². The third-order valence-corrected chi connectivity index (χ3v) is 7.18. The zero-order valence-corrected chi connectivity index (χ0v) is 29.3. The number of amides is 4. The van der Waals surface area contributed by atoms with Crippen LogP contribution in [0, 0.1) is 11.8 Å². The average molecular weight is 651 g/mol. The first kappa shape index (κ1) is 42.5. The second-order valence-electron chi connectivity index (χ2n) is 12.7. The summed E-state index contributed by atoms with van der Waals surface area (Å²) in [6.45, 7) is 14.7. The van der Waals surface area contributed by atoms with Crippen LogP contribution in [-0.2, 0) is 28.7 Å². The number of aliphatic hydroxyl groups excluding tert-OH is 1. The van der Waals surface area contributed by atoms with Gasteiger partial charge >= 0.3 is 5.97 Å². The van der Waals surface area contributed by atoms with Crippen molar-refractivity contribution in [3.63, 3.8) is 0 Å². The van der Waals surface area contributed by atoms with Crippen LogP contribution in [-0.4, -0.2) is 83.4 Å². The highest BCUT2D eigenvalue weighted by Crippen LogP contribution is 2.12. The average Bonchev–Trinajstić information content (AvgIpc) is 2.98. The van der Waals surface area contributed by atoms with Gasteiger partial charge in [-0.2, -0.15) is 0 Å². The first-order valence-electron chi connectivity index (χ1n) is 16.0. The van der Waals surface area contributed by atoms with Gasteiger partial charge in [-0.1, -0.05) is 62.6 Å². The molecule has 46 heavy (non-hydrogen) atoms. The summed E-state index contributed by atoms with van der Waals surface area (Å²) in [4.78, 5) is 63.0. The topological polar surface area (TPSA) is 174 Å². The number of methoxy groups -OCH3 is 1. The van der Waals surface area contributed by atoms with Gasteiger partial charge in [-0.25, -0.2) is 9.86 Å². The Bertz CT molecular complexity index is 1090. The third kappa shape index (κ3) is 18.5. The molecule has 3 atom stereocenters. The molecule has 0 aliphatic rings. The molecule has 0 unspecified atom stereocenters. The van der Waals surface area contributed by atoms with Gasteiger partial charge in [0.25, 0.3) is 0 Å². The second kappa shape index (κ2) is 22.9. The van der Waals surface area contributed by atoms with Crippen molar-refractivity contribution in [2.75, 3.05) is 20.3 Å². The van der Waals surface area contributed by atoms with Crippen molar-refractivity contribution in [3.05, 3.63) is 34.9 Å². The first-order chi connectivity index (χ1) is 21.5. The molecule has 0 bridgehead atoms. The van der Waals surface area contributed by atoms with Crippen LogP contribution in [0.4, 0.5) is 0 Å². The standard InChI is InChI=1S/C34H58N4O8/c1-22(2)12-10-13-25(7)14-11-15-26(8)18-19-38(45)30(41)17-16-29(40)37-31(24(5)6)33(43)35-27(20-23(3)4)32(42)36-28(21-39)34(44)46-9/h12,14,18,23-24,27-28,31,39,45H,10-11,13,15-17,19-21H2,1-9H3,(H,35,43)(H,36,42)(H,37,40)/b25-14+,26-18+/t27-,28-,31-/m0/s1. The van der Waals surface area contributed by atoms with E-state index in [0.717, 1.165) is 38.4 Å². The number of ether oxygens (including phenoxy) is 1. The van der Waals surface area contributed by atoms with Crippen molar-refractivity contribution in [1.29, 1.82) is 0 Å². The van der Waals surface area contributed by atoms with E-state index in [1.165, 1.54) is 11.1 Å². The van der Waals surface area contributed by atoms with E-state index in [0.29, 0.717) is 5.06 Å². The molecule has 0 saturated carbocycles. The van der Waals surface area contributed by atoms with Crippen LogP contribution in [0.5, 0.6) is 0 Å². The van der Waals surface area contributed by atoms with Gasteiger partial charge < -0.3 is 25.8 Å². The van der Waals surface area contributed by atoms with Crippen LogP contribution in [0.15, 0.2) is 34.9 Å². The molecule has 0 saturated heterocycles. The molecule has 0 aliphatic carbocycles. The molecule has 0 fully saturated rings. The van der Waals surface area contributed by atoms with E-state index in [2.05, 4.69) is 53.6 Å². The Morgan fingerprint density at radius 3 is 1.85 bits per heavy atom. The minimum atomic E-state index is -1.29. The highest BCUT2D eigenvalue weighted by Gasteiger charge is 2.31. The maximum absolute atomic E-state index is 13.2. The quantitative estimate of drug-likeness (QED) is 0.0541. The lowest BCUT2D eigenvalue weighted by Crippen LogP contribution is -2.57. The van der Waals surface area contributed by atoms with Crippen LogP contribution in [0.3, 0.4) is 0 Å². The molecule has 0 aromatic carbocycles. The molecule has 0 aromatic rings. The Morgan fingerprint density at radius 2 is 1.33 bits per heavy atom. The van der Waals surface area contributed by atoms with Crippen molar-refractivity contribution in [3.8, 4) is 0 Å². The summed E-state index contributed by atoms with van der Waals surface area (Å²) in [5.41, 5.74) is 3.67. The van der Waals surface area contributed by atoms with E-state index < -0.39 is 54.3 Å². The van der Waals surface area contributed by atoms with Crippen LogP contribution < -0.4 is 16.0 Å². The molecule has 262 valence electrons. The highest BCUT2D eigenvalue weighted by molar-refractivity contribution is 5.94. The molecule has 0 spiro atoms. The lowest BCUT2D eigenvalue weighted by molar-refractivity contribution is -0.163. The predicted molar refractivity (Wildman–Crippen MR) is 177 cm³/mol. The maximum Gasteiger partial charge on any atom is 0.330 e. The van der Waals surface area contributed by atoms with Crippen molar-refractivity contribution in [2.45, 2.75) is 118 Å². The molecule has 0 radical (unpaired) electrons. The molecule has 5 N–H and O–H groups in total. The summed E-state index contributed by atoms with van der Waals surface area (Å²) in [6.07, 6.45) is 9.64. The second-order valence-corrected chi connectivity index (χ2v) is 12.7. The number of carbonyl (C=O) groups is 5. The van der Waals surface area contributed by atoms with Gasteiger partial charge in [-0.05, 0) is 71.6 Å². The predicted octanol–water partition coefficient (Wildman–Crippen LogP) is 3.73. The van der Waals surface area contributed by atoms with Crippen molar-refractivity contribution >= 4 is 29.6 Å². The minimum absolute atomic E-state index is 0.000993. The van der Waals surface area contributed by atoms with Gasteiger partial charge in [0.05, 0.1) is 20.3 Å². The Hall–Kier alpha value is -3.51. The molecular formula is C34H58N4O8. The van der Waals surface area contributed by atoms with E-state index in [1.807, 2.05) is 20.8 Å². The molecular weight excluding hydrogens is 592 g/mol. The molecule has 0 rings (SSSR count).